The van der Waals surface area contributed by atoms with Gasteiger partial charge in [0.25, 0.3) is 0 Å². The Bertz CT molecular complexity index is 1000. The third-order valence-electron chi connectivity index (χ3n) is 4.76. The molecule has 1 aliphatic rings. The highest BCUT2D eigenvalue weighted by atomic mass is 79.9. The number of ether oxygens (including phenoxy) is 1. The number of amides is 1. The van der Waals surface area contributed by atoms with Crippen molar-refractivity contribution in [2.75, 3.05) is 18.9 Å². The van der Waals surface area contributed by atoms with Gasteiger partial charge in [0, 0.05) is 22.3 Å². The van der Waals surface area contributed by atoms with Crippen molar-refractivity contribution in [3.05, 3.63) is 53.0 Å². The van der Waals surface area contributed by atoms with Crippen LogP contribution in [-0.2, 0) is 4.79 Å². The molecule has 1 heterocycles. The van der Waals surface area contributed by atoms with Gasteiger partial charge in [-0.15, -0.1) is 10.2 Å². The zero-order chi connectivity index (χ0) is 20.9. The molecule has 3 aromatic rings. The van der Waals surface area contributed by atoms with E-state index >= 15 is 0 Å². The second kappa shape index (κ2) is 9.66. The first-order valence-electron chi connectivity index (χ1n) is 9.98. The van der Waals surface area contributed by atoms with Crippen molar-refractivity contribution in [2.45, 2.75) is 24.9 Å². The Kier molecular flexibility index (Phi) is 6.74. The zero-order valence-corrected chi connectivity index (χ0v) is 19.1. The van der Waals surface area contributed by atoms with E-state index in [0.29, 0.717) is 23.4 Å². The molecule has 4 rings (SSSR count). The summed E-state index contributed by atoms with van der Waals surface area (Å²) in [5, 5.41) is 12.5. The average molecular weight is 487 g/mol. The molecule has 0 aliphatic heterocycles. The fourth-order valence-electron chi connectivity index (χ4n) is 3.00. The predicted molar refractivity (Wildman–Crippen MR) is 122 cm³/mol. The van der Waals surface area contributed by atoms with Gasteiger partial charge < -0.3 is 10.1 Å². The first-order chi connectivity index (χ1) is 14.6. The summed E-state index contributed by atoms with van der Waals surface area (Å²) in [6.45, 7) is 3.35. The molecular formula is C22H23BrN4O2S. The number of thioether (sulfide) groups is 1. The molecular weight excluding hydrogens is 464 g/mol. The van der Waals surface area contributed by atoms with Gasteiger partial charge in [0.05, 0.1) is 12.4 Å². The van der Waals surface area contributed by atoms with Crippen LogP contribution in [0, 0.1) is 5.92 Å². The lowest BCUT2D eigenvalue weighted by atomic mass is 10.2. The summed E-state index contributed by atoms with van der Waals surface area (Å²) in [5.74, 6) is 2.54. The van der Waals surface area contributed by atoms with Crippen LogP contribution in [0.4, 0.5) is 0 Å². The van der Waals surface area contributed by atoms with E-state index in [4.69, 9.17) is 4.74 Å². The molecule has 156 valence electrons. The van der Waals surface area contributed by atoms with Crippen LogP contribution < -0.4 is 10.1 Å². The lowest BCUT2D eigenvalue weighted by Gasteiger charge is -2.12. The molecule has 1 fully saturated rings. The number of hydrogen-bond donors (Lipinski definition) is 1. The normalized spacial score (nSPS) is 13.3. The Morgan fingerprint density at radius 2 is 1.90 bits per heavy atom. The number of rotatable bonds is 9. The molecule has 1 saturated carbocycles. The van der Waals surface area contributed by atoms with Crippen molar-refractivity contribution in [1.29, 1.82) is 0 Å². The fourth-order valence-corrected chi connectivity index (χ4v) is 4.05. The third-order valence-corrected chi connectivity index (χ3v) is 6.22. The number of benzene rings is 2. The summed E-state index contributed by atoms with van der Waals surface area (Å²) >= 11 is 4.87. The van der Waals surface area contributed by atoms with Gasteiger partial charge in [-0.1, -0.05) is 39.8 Å². The van der Waals surface area contributed by atoms with Crippen molar-refractivity contribution in [3.8, 4) is 22.8 Å². The van der Waals surface area contributed by atoms with Gasteiger partial charge in [0.15, 0.2) is 11.0 Å². The Labute approximate surface area is 188 Å². The van der Waals surface area contributed by atoms with Crippen molar-refractivity contribution < 1.29 is 9.53 Å². The maximum absolute atomic E-state index is 12.2. The number of nitrogens with zero attached hydrogens (tertiary/aromatic N) is 3. The maximum Gasteiger partial charge on any atom is 0.230 e. The number of hydrogen-bond acceptors (Lipinski definition) is 5. The molecule has 1 aromatic heterocycles. The first kappa shape index (κ1) is 20.9. The Morgan fingerprint density at radius 3 is 2.57 bits per heavy atom. The molecule has 2 aromatic carbocycles. The Hall–Kier alpha value is -2.32. The van der Waals surface area contributed by atoms with E-state index < -0.39 is 0 Å². The number of aromatic nitrogens is 3. The second-order valence-corrected chi connectivity index (χ2v) is 8.97. The molecule has 6 nitrogen and oxygen atoms in total. The van der Waals surface area contributed by atoms with E-state index in [9.17, 15) is 4.79 Å². The monoisotopic (exact) mass is 486 g/mol. The predicted octanol–water partition coefficient (Wildman–Crippen LogP) is 4.71. The standard InChI is InChI=1S/C22H23BrN4O2S/c1-2-29-19-11-9-18(10-12-19)27-21(16-5-7-17(23)8-6-16)25-26-22(27)30-14-20(28)24-13-15-3-4-15/h5-12,15H,2-4,13-14H2,1H3,(H,24,28). The molecule has 0 unspecified atom stereocenters. The molecule has 8 heteroatoms. The summed E-state index contributed by atoms with van der Waals surface area (Å²) in [4.78, 5) is 12.2. The topological polar surface area (TPSA) is 69.0 Å². The number of carbonyl (C=O) groups excluding carboxylic acids is 1. The molecule has 0 radical (unpaired) electrons. The Morgan fingerprint density at radius 1 is 1.17 bits per heavy atom. The Balaban J connectivity index is 1.60. The summed E-state index contributed by atoms with van der Waals surface area (Å²) in [6.07, 6.45) is 2.44. The summed E-state index contributed by atoms with van der Waals surface area (Å²) in [5.41, 5.74) is 1.87. The fraction of sp³-hybridized carbons (Fsp3) is 0.318. The van der Waals surface area contributed by atoms with Crippen molar-refractivity contribution in [3.63, 3.8) is 0 Å². The SMILES string of the molecule is CCOc1ccc(-n2c(SCC(=O)NCC3CC3)nnc2-c2ccc(Br)cc2)cc1. The van der Waals surface area contributed by atoms with Crippen LogP contribution in [0.15, 0.2) is 58.2 Å². The van der Waals surface area contributed by atoms with Crippen LogP contribution in [-0.4, -0.2) is 39.6 Å². The number of nitrogens with one attached hydrogen (secondary N) is 1. The maximum atomic E-state index is 12.2. The van der Waals surface area contributed by atoms with Gasteiger partial charge in [0.2, 0.25) is 5.91 Å². The lowest BCUT2D eigenvalue weighted by molar-refractivity contribution is -0.118. The van der Waals surface area contributed by atoms with Crippen LogP contribution in [0.5, 0.6) is 5.75 Å². The number of halogens is 1. The molecule has 1 amide bonds. The van der Waals surface area contributed by atoms with E-state index in [1.165, 1.54) is 24.6 Å². The van der Waals surface area contributed by atoms with Crippen molar-refractivity contribution >= 4 is 33.6 Å². The molecule has 0 saturated heterocycles. The second-order valence-electron chi connectivity index (χ2n) is 7.11. The summed E-state index contributed by atoms with van der Waals surface area (Å²) in [6, 6.07) is 15.8. The van der Waals surface area contributed by atoms with Gasteiger partial charge in [-0.05, 0) is 62.1 Å². The highest BCUT2D eigenvalue weighted by Crippen LogP contribution is 2.30. The largest absolute Gasteiger partial charge is 0.494 e. The van der Waals surface area contributed by atoms with Crippen LogP contribution in [0.25, 0.3) is 17.1 Å². The quantitative estimate of drug-likeness (QED) is 0.443. The van der Waals surface area contributed by atoms with E-state index in [1.54, 1.807) is 0 Å². The minimum atomic E-state index is 0.0262. The first-order valence-corrected chi connectivity index (χ1v) is 11.8. The third kappa shape index (κ3) is 5.23. The van der Waals surface area contributed by atoms with E-state index in [0.717, 1.165) is 33.8 Å². The van der Waals surface area contributed by atoms with E-state index in [2.05, 4.69) is 31.4 Å². The minimum Gasteiger partial charge on any atom is -0.494 e. The summed E-state index contributed by atoms with van der Waals surface area (Å²) < 4.78 is 8.55. The van der Waals surface area contributed by atoms with Crippen molar-refractivity contribution in [2.24, 2.45) is 5.92 Å². The number of carbonyl (C=O) groups is 1. The van der Waals surface area contributed by atoms with Crippen LogP contribution in [0.2, 0.25) is 0 Å². The molecule has 1 N–H and O–H groups in total. The van der Waals surface area contributed by atoms with Gasteiger partial charge in [-0.2, -0.15) is 0 Å². The molecule has 0 spiro atoms. The van der Waals surface area contributed by atoms with Gasteiger partial charge in [0.1, 0.15) is 5.75 Å². The molecule has 0 bridgehead atoms. The zero-order valence-electron chi connectivity index (χ0n) is 16.7. The lowest BCUT2D eigenvalue weighted by Crippen LogP contribution is -2.27. The van der Waals surface area contributed by atoms with Gasteiger partial charge in [-0.25, -0.2) is 0 Å². The highest BCUT2D eigenvalue weighted by Gasteiger charge is 2.22. The summed E-state index contributed by atoms with van der Waals surface area (Å²) in [7, 11) is 0. The van der Waals surface area contributed by atoms with Crippen LogP contribution in [0.1, 0.15) is 19.8 Å². The van der Waals surface area contributed by atoms with E-state index in [1.807, 2.05) is 60.0 Å². The van der Waals surface area contributed by atoms with Gasteiger partial charge in [-0.3, -0.25) is 9.36 Å². The molecule has 30 heavy (non-hydrogen) atoms. The van der Waals surface area contributed by atoms with E-state index in [-0.39, 0.29) is 5.91 Å². The highest BCUT2D eigenvalue weighted by molar-refractivity contribution is 9.10. The smallest absolute Gasteiger partial charge is 0.230 e. The van der Waals surface area contributed by atoms with Crippen LogP contribution in [0.3, 0.4) is 0 Å². The minimum absolute atomic E-state index is 0.0262. The average Bonchev–Trinajstić information content (AvgIpc) is 3.50. The molecule has 1 aliphatic carbocycles. The van der Waals surface area contributed by atoms with Crippen molar-refractivity contribution in [1.82, 2.24) is 20.1 Å². The van der Waals surface area contributed by atoms with Crippen LogP contribution >= 0.6 is 27.7 Å². The van der Waals surface area contributed by atoms with Gasteiger partial charge >= 0.3 is 0 Å². The molecule has 0 atom stereocenters.